The van der Waals surface area contributed by atoms with Crippen molar-refractivity contribution in [3.8, 4) is 0 Å². The second-order valence-electron chi connectivity index (χ2n) is 16.8. The fourth-order valence-electron chi connectivity index (χ4n) is 7.82. The van der Waals surface area contributed by atoms with Gasteiger partial charge < -0.3 is 21.3 Å². The molecule has 6 aromatic rings. The van der Waals surface area contributed by atoms with Crippen molar-refractivity contribution in [2.75, 3.05) is 36.8 Å². The van der Waals surface area contributed by atoms with Crippen LogP contribution in [0.25, 0.3) is 0 Å². The zero-order valence-corrected chi connectivity index (χ0v) is 43.5. The number of piperidine rings is 2. The van der Waals surface area contributed by atoms with Gasteiger partial charge in [0.05, 0.1) is 27.9 Å². The normalized spacial score (nSPS) is 14.9. The van der Waals surface area contributed by atoms with E-state index in [0.717, 1.165) is 22.7 Å². The number of carbonyl (C=O) groups is 2. The number of hydrogen-bond donors (Lipinski definition) is 4. The summed E-state index contributed by atoms with van der Waals surface area (Å²) in [6.45, 7) is 1.13. The number of benzene rings is 3. The summed E-state index contributed by atoms with van der Waals surface area (Å²) in [4.78, 5) is 61.2. The number of nitrogens with one attached hydrogen (secondary N) is 4. The lowest BCUT2D eigenvalue weighted by Gasteiger charge is -2.31. The number of nitro groups is 3. The molecular weight excluding hydrogens is 1100 g/mol. The average molecular weight is 1150 g/mol. The van der Waals surface area contributed by atoms with Gasteiger partial charge in [0.15, 0.2) is 0 Å². The number of halogens is 3. The lowest BCUT2D eigenvalue weighted by atomic mass is 10.1. The number of thiophene rings is 2. The predicted octanol–water partition coefficient (Wildman–Crippen LogP) is 8.62. The summed E-state index contributed by atoms with van der Waals surface area (Å²) in [5, 5.41) is 44.4. The number of alkyl halides is 3. The molecule has 2 saturated heterocycles. The Morgan fingerprint density at radius 2 is 1.16 bits per heavy atom. The van der Waals surface area contributed by atoms with Crippen LogP contribution in [0.4, 0.5) is 41.7 Å². The van der Waals surface area contributed by atoms with Crippen LogP contribution in [-0.4, -0.2) is 101 Å². The summed E-state index contributed by atoms with van der Waals surface area (Å²) in [5.74, 6) is -0.798. The second kappa shape index (κ2) is 24.7. The molecule has 8 rings (SSSR count). The van der Waals surface area contributed by atoms with Gasteiger partial charge in [-0.05, 0) is 104 Å². The van der Waals surface area contributed by atoms with Crippen molar-refractivity contribution in [2.24, 2.45) is 0 Å². The Kier molecular flexibility index (Phi) is 18.4. The van der Waals surface area contributed by atoms with Crippen molar-refractivity contribution in [2.45, 2.75) is 69.7 Å². The predicted molar refractivity (Wildman–Crippen MR) is 277 cm³/mol. The van der Waals surface area contributed by atoms with Crippen molar-refractivity contribution >= 4 is 94.9 Å². The summed E-state index contributed by atoms with van der Waals surface area (Å²) >= 11 is 1.89. The van der Waals surface area contributed by atoms with E-state index >= 15 is 0 Å². The third kappa shape index (κ3) is 15.1. The Labute approximate surface area is 444 Å². The highest BCUT2D eigenvalue weighted by atomic mass is 32.3. The van der Waals surface area contributed by atoms with E-state index in [9.17, 15) is 69.9 Å². The van der Waals surface area contributed by atoms with Gasteiger partial charge in [-0.3, -0.25) is 39.9 Å². The quantitative estimate of drug-likeness (QED) is 0.0356. The molecule has 4 N–H and O–H groups in total. The molecular formula is C46H45F3N10O12S5. The van der Waals surface area contributed by atoms with Gasteiger partial charge >= 0.3 is 11.2 Å². The van der Waals surface area contributed by atoms with Crippen molar-refractivity contribution in [1.82, 2.24) is 24.2 Å². The van der Waals surface area contributed by atoms with Crippen LogP contribution in [0.1, 0.15) is 56.2 Å². The summed E-state index contributed by atoms with van der Waals surface area (Å²) in [6.07, 6.45) is 3.32. The van der Waals surface area contributed by atoms with E-state index in [0.29, 0.717) is 41.1 Å². The Bertz CT molecular complexity index is 3310. The van der Waals surface area contributed by atoms with Gasteiger partial charge in [-0.2, -0.15) is 21.8 Å². The molecule has 2 aliphatic heterocycles. The van der Waals surface area contributed by atoms with Gasteiger partial charge in [0.25, 0.3) is 43.2 Å². The van der Waals surface area contributed by atoms with E-state index in [1.54, 1.807) is 24.3 Å². The summed E-state index contributed by atoms with van der Waals surface area (Å²) in [7, 11) is -7.50. The first-order valence-electron chi connectivity index (χ1n) is 22.8. The molecule has 0 aliphatic carbocycles. The largest absolute Gasteiger partial charge is 0.446 e. The Morgan fingerprint density at radius 1 is 0.632 bits per heavy atom. The highest BCUT2D eigenvalue weighted by Crippen LogP contribution is 2.38. The molecule has 0 spiro atoms. The van der Waals surface area contributed by atoms with Gasteiger partial charge in [-0.1, -0.05) is 12.1 Å². The summed E-state index contributed by atoms with van der Waals surface area (Å²) in [5.41, 5.74) is -3.93. The standard InChI is InChI=1S/C24H23F3N4O5S3.C22H22N6O7S2/c25-24(26,27)38-20-3-1-2-18(14-20)29-17-10-12-30(13-11-17)39(35,36)22-9-8-21(37-22)15-28-23(32)16-4-6-19(7-5-16)31(33)34;29-22(15-3-1-4-17(13-15)27(30)31)24-14-18-6-7-20(36-18)37(34,35)26-11-8-16(9-12-26)25-21-19(28(32)33)5-2-10-23-21/h1-9,14,17,29H,10-13,15H2,(H,28,32);1-7,10,13,16H,8-9,11-12,14H2,(H,23,25)(H,24,29). The van der Waals surface area contributed by atoms with Gasteiger partial charge in [0, 0.05) is 106 Å². The van der Waals surface area contributed by atoms with Crippen LogP contribution in [0.5, 0.6) is 0 Å². The van der Waals surface area contributed by atoms with Crippen molar-refractivity contribution in [3.63, 3.8) is 0 Å². The molecule has 2 fully saturated rings. The van der Waals surface area contributed by atoms with Crippen LogP contribution in [0.3, 0.4) is 0 Å². The van der Waals surface area contributed by atoms with Gasteiger partial charge in [-0.25, -0.2) is 21.8 Å². The number of nitrogens with zero attached hydrogens (tertiary/aromatic N) is 6. The minimum Gasteiger partial charge on any atom is -0.382 e. The smallest absolute Gasteiger partial charge is 0.382 e. The third-order valence-corrected chi connectivity index (χ3v) is 19.3. The minimum atomic E-state index is -4.38. The zero-order valence-electron chi connectivity index (χ0n) is 39.5. The molecule has 402 valence electrons. The van der Waals surface area contributed by atoms with E-state index in [1.165, 1.54) is 99.7 Å². The third-order valence-electron chi connectivity index (χ3n) is 11.6. The number of nitro benzene ring substituents is 2. The highest BCUT2D eigenvalue weighted by molar-refractivity contribution is 8.00. The zero-order chi connectivity index (χ0) is 54.8. The molecule has 30 heteroatoms. The van der Waals surface area contributed by atoms with E-state index in [-0.39, 0.29) is 110 Å². The van der Waals surface area contributed by atoms with Crippen LogP contribution in [0.15, 0.2) is 129 Å². The van der Waals surface area contributed by atoms with Crippen LogP contribution in [0, 0.1) is 30.3 Å². The van der Waals surface area contributed by atoms with Crippen LogP contribution < -0.4 is 21.3 Å². The highest BCUT2D eigenvalue weighted by Gasteiger charge is 2.34. The lowest BCUT2D eigenvalue weighted by Crippen LogP contribution is -2.42. The number of thioether (sulfide) groups is 1. The molecule has 0 bridgehead atoms. The number of amides is 2. The topological polar surface area (TPSA) is 299 Å². The number of non-ortho nitro benzene ring substituents is 2. The van der Waals surface area contributed by atoms with Crippen molar-refractivity contribution < 1.29 is 54.4 Å². The van der Waals surface area contributed by atoms with Gasteiger partial charge in [-0.15, -0.1) is 22.7 Å². The molecule has 0 atom stereocenters. The van der Waals surface area contributed by atoms with Crippen molar-refractivity contribution in [3.05, 3.63) is 167 Å². The molecule has 5 heterocycles. The summed E-state index contributed by atoms with van der Waals surface area (Å²) < 4.78 is 93.6. The first kappa shape index (κ1) is 56.6. The number of sulfonamides is 2. The maximum absolute atomic E-state index is 13.2. The second-order valence-corrected chi connectivity index (χ2v) is 24.6. The number of pyridine rings is 1. The maximum atomic E-state index is 13.2. The molecule has 0 unspecified atom stereocenters. The summed E-state index contributed by atoms with van der Waals surface area (Å²) in [6, 6.07) is 25.3. The molecule has 3 aromatic carbocycles. The SMILES string of the molecule is O=C(NCc1ccc(S(=O)(=O)N2CCC(Nc3cccc(SC(F)(F)F)c3)CC2)s1)c1ccc([N+](=O)[O-])cc1.O=C(NCc1ccc(S(=O)(=O)N2CCC(Nc3ncccc3[N+](=O)[O-])CC2)s1)c1cccc([N+](=O)[O-])c1. The van der Waals surface area contributed by atoms with Crippen LogP contribution >= 0.6 is 34.4 Å². The number of anilines is 2. The van der Waals surface area contributed by atoms with Gasteiger partial charge in [0.1, 0.15) is 8.42 Å². The maximum Gasteiger partial charge on any atom is 0.446 e. The lowest BCUT2D eigenvalue weighted by molar-refractivity contribution is -0.385. The van der Waals surface area contributed by atoms with E-state index < -0.39 is 52.1 Å². The number of rotatable bonds is 18. The molecule has 22 nitrogen and oxygen atoms in total. The van der Waals surface area contributed by atoms with Crippen LogP contribution in [-0.2, 0) is 33.1 Å². The van der Waals surface area contributed by atoms with E-state index in [1.807, 2.05) is 0 Å². The molecule has 2 aliphatic rings. The Balaban J connectivity index is 0.000000221. The first-order chi connectivity index (χ1) is 36.0. The molecule has 76 heavy (non-hydrogen) atoms. The number of aromatic nitrogens is 1. The average Bonchev–Trinajstić information content (AvgIpc) is 4.09. The van der Waals surface area contributed by atoms with E-state index in [4.69, 9.17) is 0 Å². The Morgan fingerprint density at radius 3 is 1.68 bits per heavy atom. The monoisotopic (exact) mass is 1150 g/mol. The minimum absolute atomic E-state index is 0.0660. The first-order valence-corrected chi connectivity index (χ1v) is 28.1. The van der Waals surface area contributed by atoms with Crippen molar-refractivity contribution in [1.29, 1.82) is 0 Å². The van der Waals surface area contributed by atoms with E-state index in [2.05, 4.69) is 26.3 Å². The fourth-order valence-corrected chi connectivity index (χ4v) is 14.3. The molecule has 3 aromatic heterocycles. The molecule has 2 amide bonds. The fraction of sp³-hybridized carbons (Fsp3) is 0.283. The molecule has 0 radical (unpaired) electrons. The molecule has 0 saturated carbocycles. The number of carbonyl (C=O) groups excluding carboxylic acids is 2. The number of hydrogen-bond acceptors (Lipinski definition) is 18. The van der Waals surface area contributed by atoms with Gasteiger partial charge in [0.2, 0.25) is 5.82 Å². The van der Waals surface area contributed by atoms with Crippen LogP contribution in [0.2, 0.25) is 0 Å². The Hall–Kier alpha value is -7.09.